The average molecular weight is 277 g/mol. The molecule has 1 atom stereocenters. The van der Waals surface area contributed by atoms with Crippen molar-refractivity contribution in [3.8, 4) is 0 Å². The van der Waals surface area contributed by atoms with Crippen LogP contribution in [-0.2, 0) is 14.3 Å². The molecule has 1 aromatic rings. The second kappa shape index (κ2) is 6.19. The van der Waals surface area contributed by atoms with Crippen LogP contribution in [0, 0.1) is 17.5 Å². The van der Waals surface area contributed by atoms with E-state index in [1.807, 2.05) is 5.32 Å². The van der Waals surface area contributed by atoms with Crippen molar-refractivity contribution >= 4 is 17.6 Å². The normalized spacial score (nSPS) is 12.0. The van der Waals surface area contributed by atoms with E-state index in [1.165, 1.54) is 6.92 Å². The van der Waals surface area contributed by atoms with Crippen LogP contribution in [0.25, 0.3) is 0 Å². The first-order chi connectivity index (χ1) is 8.82. The lowest BCUT2D eigenvalue weighted by atomic mass is 10.3. The highest BCUT2D eigenvalue weighted by atomic mass is 19.2. The summed E-state index contributed by atoms with van der Waals surface area (Å²) in [5.74, 6) is -6.80. The summed E-state index contributed by atoms with van der Waals surface area (Å²) in [6, 6.07) is 1.49. The molecule has 104 valence electrons. The molecule has 19 heavy (non-hydrogen) atoms. The van der Waals surface area contributed by atoms with Crippen LogP contribution in [0.2, 0.25) is 0 Å². The molecule has 1 aromatic carbocycles. The molecule has 0 bridgehead atoms. The Morgan fingerprint density at radius 3 is 2.53 bits per heavy atom. The molecule has 5 nitrogen and oxygen atoms in total. The van der Waals surface area contributed by atoms with Crippen molar-refractivity contribution in [3.05, 3.63) is 29.6 Å². The van der Waals surface area contributed by atoms with E-state index in [4.69, 9.17) is 5.11 Å². The number of carboxylic acids is 1. The smallest absolute Gasteiger partial charge is 0.332 e. The molecule has 0 aliphatic carbocycles. The molecule has 0 saturated heterocycles. The van der Waals surface area contributed by atoms with Gasteiger partial charge in [0.1, 0.15) is 6.61 Å². The van der Waals surface area contributed by atoms with Crippen molar-refractivity contribution in [1.29, 1.82) is 0 Å². The fourth-order valence-corrected chi connectivity index (χ4v) is 1.08. The Hall–Kier alpha value is -2.09. The van der Waals surface area contributed by atoms with Gasteiger partial charge in [0, 0.05) is 0 Å². The number of carbonyl (C=O) groups excluding carboxylic acids is 1. The third-order valence-electron chi connectivity index (χ3n) is 2.12. The summed E-state index contributed by atoms with van der Waals surface area (Å²) in [6.07, 6.45) is -1.22. The second-order valence-corrected chi connectivity index (χ2v) is 3.56. The second-order valence-electron chi connectivity index (χ2n) is 3.56. The largest absolute Gasteiger partial charge is 0.479 e. The SMILES string of the molecule is CC(OCC(=O)Nc1ccc(F)c(F)c1F)C(=O)O. The van der Waals surface area contributed by atoms with E-state index in [2.05, 4.69) is 4.74 Å². The number of carboxylic acid groups (broad SMARTS) is 1. The van der Waals surface area contributed by atoms with Gasteiger partial charge in [-0.05, 0) is 19.1 Å². The molecule has 0 aromatic heterocycles. The number of anilines is 1. The summed E-state index contributed by atoms with van der Waals surface area (Å²) >= 11 is 0. The summed E-state index contributed by atoms with van der Waals surface area (Å²) in [4.78, 5) is 21.7. The zero-order chi connectivity index (χ0) is 14.6. The third-order valence-corrected chi connectivity index (χ3v) is 2.12. The number of hydrogen-bond donors (Lipinski definition) is 2. The first-order valence-electron chi connectivity index (χ1n) is 5.10. The number of aliphatic carboxylic acids is 1. The van der Waals surface area contributed by atoms with Gasteiger partial charge < -0.3 is 15.2 Å². The van der Waals surface area contributed by atoms with Crippen molar-refractivity contribution < 1.29 is 32.6 Å². The maximum atomic E-state index is 13.2. The molecule has 0 saturated carbocycles. The molecule has 2 N–H and O–H groups in total. The van der Waals surface area contributed by atoms with Crippen LogP contribution in [0.1, 0.15) is 6.92 Å². The molecular weight excluding hydrogens is 267 g/mol. The average Bonchev–Trinajstić information content (AvgIpc) is 2.36. The van der Waals surface area contributed by atoms with Crippen LogP contribution in [0.3, 0.4) is 0 Å². The number of carbonyl (C=O) groups is 2. The maximum Gasteiger partial charge on any atom is 0.332 e. The van der Waals surface area contributed by atoms with Crippen LogP contribution < -0.4 is 5.32 Å². The number of benzene rings is 1. The molecule has 0 aliphatic rings. The predicted molar refractivity (Wildman–Crippen MR) is 58.0 cm³/mol. The standard InChI is InChI=1S/C11H10F3NO4/c1-5(11(17)18)19-4-8(16)15-7-3-2-6(12)9(13)10(7)14/h2-3,5H,4H2,1H3,(H,15,16)(H,17,18). The van der Waals surface area contributed by atoms with Gasteiger partial charge in [0.15, 0.2) is 23.6 Å². The summed E-state index contributed by atoms with van der Waals surface area (Å²) in [6.45, 7) is 0.541. The Morgan fingerprint density at radius 1 is 1.32 bits per heavy atom. The molecule has 0 spiro atoms. The topological polar surface area (TPSA) is 75.6 Å². The van der Waals surface area contributed by atoms with Gasteiger partial charge in [-0.3, -0.25) is 4.79 Å². The Morgan fingerprint density at radius 2 is 1.95 bits per heavy atom. The van der Waals surface area contributed by atoms with Gasteiger partial charge >= 0.3 is 5.97 Å². The van der Waals surface area contributed by atoms with Crippen molar-refractivity contribution in [2.24, 2.45) is 0 Å². The van der Waals surface area contributed by atoms with Crippen LogP contribution >= 0.6 is 0 Å². The lowest BCUT2D eigenvalue weighted by Gasteiger charge is -2.10. The third kappa shape index (κ3) is 3.95. The van der Waals surface area contributed by atoms with E-state index in [9.17, 15) is 22.8 Å². The van der Waals surface area contributed by atoms with Crippen molar-refractivity contribution in [1.82, 2.24) is 0 Å². The number of nitrogens with one attached hydrogen (secondary N) is 1. The number of amides is 1. The van der Waals surface area contributed by atoms with E-state index >= 15 is 0 Å². The van der Waals surface area contributed by atoms with Gasteiger partial charge in [0.2, 0.25) is 5.91 Å². The van der Waals surface area contributed by atoms with Crippen LogP contribution in [0.15, 0.2) is 12.1 Å². The zero-order valence-electron chi connectivity index (χ0n) is 9.75. The van der Waals surface area contributed by atoms with E-state index < -0.39 is 47.7 Å². The lowest BCUT2D eigenvalue weighted by Crippen LogP contribution is -2.26. The van der Waals surface area contributed by atoms with Gasteiger partial charge in [-0.15, -0.1) is 0 Å². The molecule has 1 rings (SSSR count). The van der Waals surface area contributed by atoms with E-state index in [-0.39, 0.29) is 0 Å². The molecule has 0 aliphatic heterocycles. The Balaban J connectivity index is 2.63. The Labute approximate surface area is 106 Å². The number of ether oxygens (including phenoxy) is 1. The van der Waals surface area contributed by atoms with Crippen LogP contribution in [-0.4, -0.2) is 29.7 Å². The quantitative estimate of drug-likeness (QED) is 0.800. The van der Waals surface area contributed by atoms with E-state index in [1.54, 1.807) is 0 Å². The minimum Gasteiger partial charge on any atom is -0.479 e. The minimum atomic E-state index is -1.71. The van der Waals surface area contributed by atoms with Crippen molar-refractivity contribution in [2.75, 3.05) is 11.9 Å². The molecule has 0 heterocycles. The highest BCUT2D eigenvalue weighted by Crippen LogP contribution is 2.19. The molecule has 1 amide bonds. The maximum absolute atomic E-state index is 13.2. The van der Waals surface area contributed by atoms with Crippen molar-refractivity contribution in [3.63, 3.8) is 0 Å². The Bertz CT molecular complexity index is 507. The number of halogens is 3. The van der Waals surface area contributed by atoms with Gasteiger partial charge in [0.05, 0.1) is 5.69 Å². The van der Waals surface area contributed by atoms with E-state index in [0.29, 0.717) is 6.07 Å². The molecule has 1 unspecified atom stereocenters. The van der Waals surface area contributed by atoms with Gasteiger partial charge in [-0.25, -0.2) is 18.0 Å². The van der Waals surface area contributed by atoms with Crippen LogP contribution in [0.4, 0.5) is 18.9 Å². The van der Waals surface area contributed by atoms with Crippen LogP contribution in [0.5, 0.6) is 0 Å². The summed E-state index contributed by atoms with van der Waals surface area (Å²) in [5.41, 5.74) is -0.560. The molecule has 0 radical (unpaired) electrons. The zero-order valence-corrected chi connectivity index (χ0v) is 9.75. The van der Waals surface area contributed by atoms with E-state index in [0.717, 1.165) is 6.07 Å². The fraction of sp³-hybridized carbons (Fsp3) is 0.273. The van der Waals surface area contributed by atoms with Crippen molar-refractivity contribution in [2.45, 2.75) is 13.0 Å². The molecule has 8 heteroatoms. The highest BCUT2D eigenvalue weighted by Gasteiger charge is 2.17. The summed E-state index contributed by atoms with van der Waals surface area (Å²) < 4.78 is 43.3. The lowest BCUT2D eigenvalue weighted by molar-refractivity contribution is -0.150. The first-order valence-corrected chi connectivity index (χ1v) is 5.10. The van der Waals surface area contributed by atoms with Gasteiger partial charge in [-0.1, -0.05) is 0 Å². The number of hydrogen-bond acceptors (Lipinski definition) is 3. The highest BCUT2D eigenvalue weighted by molar-refractivity contribution is 5.92. The van der Waals surface area contributed by atoms with Gasteiger partial charge in [-0.2, -0.15) is 0 Å². The predicted octanol–water partition coefficient (Wildman–Crippen LogP) is 1.53. The minimum absolute atomic E-state index is 0.560. The monoisotopic (exact) mass is 277 g/mol. The molecule has 0 fully saturated rings. The molecular formula is C11H10F3NO4. The number of rotatable bonds is 5. The van der Waals surface area contributed by atoms with Gasteiger partial charge in [0.25, 0.3) is 0 Å². The fourth-order valence-electron chi connectivity index (χ4n) is 1.08. The first kappa shape index (κ1) is 15.0. The Kier molecular flexibility index (Phi) is 4.87. The summed E-state index contributed by atoms with van der Waals surface area (Å²) in [7, 11) is 0. The summed E-state index contributed by atoms with van der Waals surface area (Å²) in [5, 5.41) is 10.4.